The molecule has 2 aromatic heterocycles. The van der Waals surface area contributed by atoms with Crippen LogP contribution >= 0.6 is 22.9 Å². The van der Waals surface area contributed by atoms with Crippen LogP contribution < -0.4 is 10.2 Å². The predicted molar refractivity (Wildman–Crippen MR) is 119 cm³/mol. The Hall–Kier alpha value is -1.80. The van der Waals surface area contributed by atoms with Crippen molar-refractivity contribution in [1.29, 1.82) is 0 Å². The molecule has 1 aromatic carbocycles. The molecule has 0 bridgehead atoms. The van der Waals surface area contributed by atoms with Crippen molar-refractivity contribution >= 4 is 44.7 Å². The van der Waals surface area contributed by atoms with E-state index in [1.54, 1.807) is 23.5 Å². The highest BCUT2D eigenvalue weighted by Gasteiger charge is 2.25. The summed E-state index contributed by atoms with van der Waals surface area (Å²) in [5, 5.41) is 4.63. The van der Waals surface area contributed by atoms with Crippen molar-refractivity contribution < 1.29 is 14.0 Å². The van der Waals surface area contributed by atoms with E-state index in [2.05, 4.69) is 12.2 Å². The maximum absolute atomic E-state index is 13.6. The molecular formula is C22H25ClFN4OS+. The van der Waals surface area contributed by atoms with E-state index < -0.39 is 5.82 Å². The molecule has 30 heavy (non-hydrogen) atoms. The van der Waals surface area contributed by atoms with Crippen LogP contribution in [0.4, 0.5) is 15.9 Å². The van der Waals surface area contributed by atoms with E-state index in [9.17, 15) is 4.39 Å². The number of halogens is 2. The highest BCUT2D eigenvalue weighted by molar-refractivity contribution is 7.19. The molecular weight excluding hydrogens is 423 g/mol. The first kappa shape index (κ1) is 20.1. The Kier molecular flexibility index (Phi) is 5.62. The second-order valence-electron chi connectivity index (χ2n) is 8.31. The number of nitrogens with zero attached hydrogens (tertiary/aromatic N) is 2. The van der Waals surface area contributed by atoms with Crippen molar-refractivity contribution in [1.82, 2.24) is 9.97 Å². The van der Waals surface area contributed by atoms with E-state index in [0.717, 1.165) is 73.2 Å². The standard InChI is InChI=1S/C22H24ClFN4OS/c1-13-2-4-15-18(10-13)30-22-20(15)21(25-14-3-5-17(24)16(23)11-14)26-19(27-22)12-28-6-8-29-9-7-28/h3,5,11,13H,2,4,6-10,12H2,1H3,(H,25,26,27)/p+1/t13-/m1/s1. The van der Waals surface area contributed by atoms with Gasteiger partial charge in [0, 0.05) is 10.6 Å². The lowest BCUT2D eigenvalue weighted by Gasteiger charge is -2.23. The minimum absolute atomic E-state index is 0.101. The number of nitrogens with one attached hydrogen (secondary N) is 2. The number of aryl methyl sites for hydroxylation is 1. The van der Waals surface area contributed by atoms with Crippen LogP contribution in [0.25, 0.3) is 10.2 Å². The van der Waals surface area contributed by atoms with E-state index in [-0.39, 0.29) is 5.02 Å². The molecule has 5 rings (SSSR count). The molecule has 158 valence electrons. The van der Waals surface area contributed by atoms with Gasteiger partial charge in [0.25, 0.3) is 0 Å². The van der Waals surface area contributed by atoms with Crippen molar-refractivity contribution in [2.75, 3.05) is 31.6 Å². The fraction of sp³-hybridized carbons (Fsp3) is 0.455. The average molecular weight is 448 g/mol. The normalized spacial score (nSPS) is 19.8. The Morgan fingerprint density at radius 1 is 1.30 bits per heavy atom. The maximum Gasteiger partial charge on any atom is 0.187 e. The maximum atomic E-state index is 13.6. The second kappa shape index (κ2) is 8.38. The third kappa shape index (κ3) is 4.04. The summed E-state index contributed by atoms with van der Waals surface area (Å²) in [5.74, 6) is 1.91. The number of morpholine rings is 1. The summed E-state index contributed by atoms with van der Waals surface area (Å²) >= 11 is 7.81. The lowest BCUT2D eigenvalue weighted by atomic mass is 9.89. The van der Waals surface area contributed by atoms with Crippen LogP contribution in [-0.2, 0) is 24.1 Å². The Balaban J connectivity index is 1.56. The van der Waals surface area contributed by atoms with Crippen molar-refractivity contribution in [2.45, 2.75) is 32.7 Å². The summed E-state index contributed by atoms with van der Waals surface area (Å²) in [7, 11) is 0. The number of ether oxygens (including phenoxy) is 1. The first-order chi connectivity index (χ1) is 14.6. The first-order valence-electron chi connectivity index (χ1n) is 10.5. The summed E-state index contributed by atoms with van der Waals surface area (Å²) < 4.78 is 19.1. The topological polar surface area (TPSA) is 51.5 Å². The summed E-state index contributed by atoms with van der Waals surface area (Å²) in [6.07, 6.45) is 3.33. The van der Waals surface area contributed by atoms with E-state index in [0.29, 0.717) is 5.92 Å². The molecule has 3 heterocycles. The van der Waals surface area contributed by atoms with Gasteiger partial charge in [-0.05, 0) is 48.9 Å². The number of fused-ring (bicyclic) bond motifs is 3. The smallest absolute Gasteiger partial charge is 0.187 e. The summed E-state index contributed by atoms with van der Waals surface area (Å²) in [6, 6.07) is 4.69. The number of hydrogen-bond acceptors (Lipinski definition) is 5. The second-order valence-corrected chi connectivity index (χ2v) is 9.80. The summed E-state index contributed by atoms with van der Waals surface area (Å²) in [6.45, 7) is 6.58. The molecule has 8 heteroatoms. The van der Waals surface area contributed by atoms with Crippen LogP contribution in [0.1, 0.15) is 29.6 Å². The molecule has 2 aliphatic rings. The van der Waals surface area contributed by atoms with E-state index in [1.165, 1.54) is 27.8 Å². The molecule has 0 saturated carbocycles. The van der Waals surface area contributed by atoms with E-state index in [1.807, 2.05) is 0 Å². The van der Waals surface area contributed by atoms with Gasteiger partial charge in [-0.25, -0.2) is 14.4 Å². The first-order valence-corrected chi connectivity index (χ1v) is 11.7. The van der Waals surface area contributed by atoms with E-state index >= 15 is 0 Å². The molecule has 0 unspecified atom stereocenters. The van der Waals surface area contributed by atoms with Gasteiger partial charge in [0.2, 0.25) is 0 Å². The summed E-state index contributed by atoms with van der Waals surface area (Å²) in [5.41, 5.74) is 2.10. The molecule has 1 saturated heterocycles. The third-order valence-electron chi connectivity index (χ3n) is 5.99. The number of quaternary nitrogens is 1. The van der Waals surface area contributed by atoms with Gasteiger partial charge >= 0.3 is 0 Å². The van der Waals surface area contributed by atoms with Gasteiger partial charge in [0.1, 0.15) is 36.1 Å². The summed E-state index contributed by atoms with van der Waals surface area (Å²) in [4.78, 5) is 13.8. The van der Waals surface area contributed by atoms with Gasteiger partial charge in [-0.3, -0.25) is 0 Å². The van der Waals surface area contributed by atoms with Gasteiger partial charge in [-0.15, -0.1) is 11.3 Å². The Morgan fingerprint density at radius 2 is 2.13 bits per heavy atom. The van der Waals surface area contributed by atoms with Gasteiger partial charge in [-0.1, -0.05) is 18.5 Å². The van der Waals surface area contributed by atoms with Crippen molar-refractivity contribution in [3.05, 3.63) is 45.3 Å². The fourth-order valence-electron chi connectivity index (χ4n) is 4.33. The number of hydrogen-bond donors (Lipinski definition) is 2. The SMILES string of the molecule is C[C@@H]1CCc2c(sc3nc(C[NH+]4CCOCC4)nc(Nc4ccc(F)c(Cl)c4)c23)C1. The van der Waals surface area contributed by atoms with Crippen LogP contribution in [0.2, 0.25) is 5.02 Å². The fourth-order valence-corrected chi connectivity index (χ4v) is 5.91. The number of anilines is 2. The molecule has 1 atom stereocenters. The van der Waals surface area contributed by atoms with Crippen molar-refractivity contribution in [2.24, 2.45) is 5.92 Å². The zero-order chi connectivity index (χ0) is 20.7. The quantitative estimate of drug-likeness (QED) is 0.639. The van der Waals surface area contributed by atoms with Crippen LogP contribution in [0.3, 0.4) is 0 Å². The van der Waals surface area contributed by atoms with Crippen molar-refractivity contribution in [3.8, 4) is 0 Å². The lowest BCUT2D eigenvalue weighted by Crippen LogP contribution is -3.12. The van der Waals surface area contributed by atoms with Crippen molar-refractivity contribution in [3.63, 3.8) is 0 Å². The predicted octanol–water partition coefficient (Wildman–Crippen LogP) is 3.77. The molecule has 5 nitrogen and oxygen atoms in total. The van der Waals surface area contributed by atoms with Gasteiger partial charge in [0.15, 0.2) is 5.82 Å². The monoisotopic (exact) mass is 447 g/mol. The molecule has 1 aliphatic heterocycles. The van der Waals surface area contributed by atoms with Gasteiger partial charge in [0.05, 0.1) is 23.6 Å². The third-order valence-corrected chi connectivity index (χ3v) is 7.43. The molecule has 0 radical (unpaired) electrons. The molecule has 1 aliphatic carbocycles. The number of aromatic nitrogens is 2. The minimum atomic E-state index is -0.423. The Bertz CT molecular complexity index is 1080. The molecule has 3 aromatic rings. The Morgan fingerprint density at radius 3 is 2.93 bits per heavy atom. The lowest BCUT2D eigenvalue weighted by molar-refractivity contribution is -0.922. The van der Waals surface area contributed by atoms with Gasteiger partial charge < -0.3 is 15.0 Å². The van der Waals surface area contributed by atoms with Crippen LogP contribution in [0.5, 0.6) is 0 Å². The number of thiophene rings is 1. The molecule has 0 amide bonds. The Labute approximate surface area is 184 Å². The zero-order valence-corrected chi connectivity index (χ0v) is 18.5. The van der Waals surface area contributed by atoms with Gasteiger partial charge in [-0.2, -0.15) is 0 Å². The van der Waals surface area contributed by atoms with Crippen LogP contribution in [-0.4, -0.2) is 36.3 Å². The molecule has 1 fully saturated rings. The zero-order valence-electron chi connectivity index (χ0n) is 16.9. The van der Waals surface area contributed by atoms with Crippen LogP contribution in [0.15, 0.2) is 18.2 Å². The highest BCUT2D eigenvalue weighted by atomic mass is 35.5. The van der Waals surface area contributed by atoms with Crippen LogP contribution in [0, 0.1) is 11.7 Å². The number of rotatable bonds is 4. The average Bonchev–Trinajstić information content (AvgIpc) is 3.09. The van der Waals surface area contributed by atoms with E-state index in [4.69, 9.17) is 26.3 Å². The highest BCUT2D eigenvalue weighted by Crippen LogP contribution is 2.40. The number of benzene rings is 1. The molecule has 0 spiro atoms. The minimum Gasteiger partial charge on any atom is -0.370 e. The molecule has 2 N–H and O–H groups in total. The largest absolute Gasteiger partial charge is 0.370 e.